The van der Waals surface area contributed by atoms with Crippen molar-refractivity contribution in [2.75, 3.05) is 6.54 Å². The molecule has 7 heteroatoms. The lowest BCUT2D eigenvalue weighted by atomic mass is 9.85. The Morgan fingerprint density at radius 1 is 1.29 bits per heavy atom. The number of ketones is 1. The summed E-state index contributed by atoms with van der Waals surface area (Å²) >= 11 is 1.70. The Hall–Kier alpha value is -2.06. The van der Waals surface area contributed by atoms with Crippen LogP contribution in [0.25, 0.3) is 10.1 Å². The molecule has 6 nitrogen and oxygen atoms in total. The summed E-state index contributed by atoms with van der Waals surface area (Å²) in [5, 5.41) is 22.9. The lowest BCUT2D eigenvalue weighted by molar-refractivity contribution is -0.151. The molecule has 0 amide bonds. The second-order valence-electron chi connectivity index (χ2n) is 10.1. The number of hydroxylamine groups is 1. The first-order chi connectivity index (χ1) is 16.7. The molecular weight excluding hydrogens is 462 g/mol. The minimum atomic E-state index is -0.782. The number of rotatable bonds is 13. The summed E-state index contributed by atoms with van der Waals surface area (Å²) < 4.78 is 1.22. The van der Waals surface area contributed by atoms with Gasteiger partial charge in [-0.05, 0) is 62.5 Å². The maximum atomic E-state index is 13.1. The number of nitrogens with one attached hydrogen (secondary N) is 1. The minimum Gasteiger partial charge on any atom is -0.393 e. The van der Waals surface area contributed by atoms with E-state index in [1.54, 1.807) is 11.3 Å². The fourth-order valence-corrected chi connectivity index (χ4v) is 6.13. The highest BCUT2D eigenvalue weighted by atomic mass is 32.1. The van der Waals surface area contributed by atoms with Crippen LogP contribution >= 0.6 is 11.3 Å². The van der Waals surface area contributed by atoms with E-state index in [9.17, 15) is 19.8 Å². The molecule has 3 N–H and O–H groups in total. The molecule has 3 rings (SSSR count). The van der Waals surface area contributed by atoms with Gasteiger partial charge in [0.15, 0.2) is 0 Å². The van der Waals surface area contributed by atoms with Crippen molar-refractivity contribution < 1.29 is 24.6 Å². The van der Waals surface area contributed by atoms with Gasteiger partial charge in [-0.2, -0.15) is 5.48 Å². The number of carbonyl (C=O) groups is 2. The van der Waals surface area contributed by atoms with Crippen molar-refractivity contribution in [2.45, 2.75) is 77.9 Å². The first-order valence-corrected chi connectivity index (χ1v) is 13.5. The van der Waals surface area contributed by atoms with Crippen LogP contribution in [0, 0.1) is 17.3 Å². The standard InChI is InChI=1S/C28H39NO5S/c1-4-29-34-25(31)14-8-6-5-7-12-22-23(27(33)28(2,3)26(22)32)16-15-20(30)18-21-17-19-11-9-10-13-24(19)35-21/h5,7,9-11,13,17,20,22-23,27,29-30,33H,4,6,8,12,14-16,18H2,1-3H3/b7-5-/t20?,22-,23-,27+/m1/s1. The number of aliphatic hydroxyl groups is 2. The molecule has 0 spiro atoms. The molecule has 1 heterocycles. The lowest BCUT2D eigenvalue weighted by Gasteiger charge is -2.25. The summed E-state index contributed by atoms with van der Waals surface area (Å²) in [4.78, 5) is 30.6. The summed E-state index contributed by atoms with van der Waals surface area (Å²) in [6, 6.07) is 10.3. The summed E-state index contributed by atoms with van der Waals surface area (Å²) in [6.45, 7) is 6.07. The van der Waals surface area contributed by atoms with Crippen molar-refractivity contribution in [2.24, 2.45) is 17.3 Å². The second-order valence-corrected chi connectivity index (χ2v) is 11.2. The number of aliphatic hydroxyl groups excluding tert-OH is 2. The van der Waals surface area contributed by atoms with Gasteiger partial charge in [-0.25, -0.2) is 0 Å². The van der Waals surface area contributed by atoms with Crippen molar-refractivity contribution in [1.82, 2.24) is 5.48 Å². The number of carbonyl (C=O) groups excluding carboxylic acids is 2. The SMILES string of the molecule is CCNOC(=O)CCC/C=C\C[C@H]1C(=O)C(C)(C)[C@@H](O)[C@@H]1CCC(O)Cc1cc2ccccc2s1. The van der Waals surface area contributed by atoms with Crippen LogP contribution in [-0.4, -0.2) is 40.7 Å². The van der Waals surface area contributed by atoms with Crippen LogP contribution in [0.2, 0.25) is 0 Å². The molecule has 0 radical (unpaired) electrons. The summed E-state index contributed by atoms with van der Waals surface area (Å²) in [5.41, 5.74) is 1.77. The number of fused-ring (bicyclic) bond motifs is 1. The van der Waals surface area contributed by atoms with Crippen LogP contribution in [0.4, 0.5) is 0 Å². The van der Waals surface area contributed by atoms with E-state index in [4.69, 9.17) is 4.84 Å². The number of benzene rings is 1. The van der Waals surface area contributed by atoms with Gasteiger partial charge >= 0.3 is 5.97 Å². The zero-order valence-electron chi connectivity index (χ0n) is 21.0. The number of unbranched alkanes of at least 4 members (excludes halogenated alkanes) is 1. The third kappa shape index (κ3) is 7.23. The number of thiophene rings is 1. The maximum absolute atomic E-state index is 13.1. The Kier molecular flexibility index (Phi) is 10.0. The highest BCUT2D eigenvalue weighted by Crippen LogP contribution is 2.46. The van der Waals surface area contributed by atoms with Crippen molar-refractivity contribution in [3.8, 4) is 0 Å². The Morgan fingerprint density at radius 3 is 2.80 bits per heavy atom. The van der Waals surface area contributed by atoms with Gasteiger partial charge in [-0.1, -0.05) is 44.2 Å². The van der Waals surface area contributed by atoms with Crippen LogP contribution in [0.15, 0.2) is 42.5 Å². The van der Waals surface area contributed by atoms with E-state index in [0.717, 1.165) is 11.3 Å². The van der Waals surface area contributed by atoms with Gasteiger partial charge in [0.05, 0.1) is 12.2 Å². The molecule has 35 heavy (non-hydrogen) atoms. The second kappa shape index (κ2) is 12.8. The third-order valence-electron chi connectivity index (χ3n) is 7.02. The van der Waals surface area contributed by atoms with Gasteiger partial charge in [-0.3, -0.25) is 9.59 Å². The van der Waals surface area contributed by atoms with Crippen molar-refractivity contribution in [3.05, 3.63) is 47.4 Å². The maximum Gasteiger partial charge on any atom is 0.324 e. The third-order valence-corrected chi connectivity index (χ3v) is 8.16. The van der Waals surface area contributed by atoms with Crippen LogP contribution < -0.4 is 5.48 Å². The van der Waals surface area contributed by atoms with E-state index in [1.165, 1.54) is 10.1 Å². The molecule has 1 aromatic heterocycles. The van der Waals surface area contributed by atoms with E-state index in [1.807, 2.05) is 45.1 Å². The van der Waals surface area contributed by atoms with Gasteiger partial charge in [0.1, 0.15) is 5.78 Å². The summed E-state index contributed by atoms with van der Waals surface area (Å²) in [7, 11) is 0. The quantitative estimate of drug-likeness (QED) is 0.204. The monoisotopic (exact) mass is 501 g/mol. The zero-order valence-corrected chi connectivity index (χ0v) is 21.9. The average Bonchev–Trinajstić information content (AvgIpc) is 3.30. The van der Waals surface area contributed by atoms with E-state index in [0.29, 0.717) is 45.1 Å². The highest BCUT2D eigenvalue weighted by Gasteiger charge is 2.53. The number of hydrogen-bond donors (Lipinski definition) is 3. The number of Topliss-reactive ketones (excluding diaryl/α,β-unsaturated/α-hetero) is 1. The predicted molar refractivity (Wildman–Crippen MR) is 140 cm³/mol. The molecule has 1 aliphatic carbocycles. The topological polar surface area (TPSA) is 95.9 Å². The van der Waals surface area contributed by atoms with Gasteiger partial charge in [0.2, 0.25) is 0 Å². The Balaban J connectivity index is 1.50. The van der Waals surface area contributed by atoms with Gasteiger partial charge in [-0.15, -0.1) is 11.3 Å². The van der Waals surface area contributed by atoms with Crippen LogP contribution in [0.1, 0.15) is 64.2 Å². The largest absolute Gasteiger partial charge is 0.393 e. The van der Waals surface area contributed by atoms with Crippen molar-refractivity contribution in [1.29, 1.82) is 0 Å². The first kappa shape index (κ1) is 27.5. The smallest absolute Gasteiger partial charge is 0.324 e. The van der Waals surface area contributed by atoms with Crippen LogP contribution in [0.3, 0.4) is 0 Å². The molecule has 0 saturated heterocycles. The molecule has 1 aromatic carbocycles. The molecule has 1 fully saturated rings. The van der Waals surface area contributed by atoms with Gasteiger partial charge in [0, 0.05) is 40.3 Å². The fraction of sp³-hybridized carbons (Fsp3) is 0.571. The molecule has 1 unspecified atom stereocenters. The fourth-order valence-electron chi connectivity index (χ4n) is 5.00. The van der Waals surface area contributed by atoms with Crippen LogP contribution in [-0.2, 0) is 20.8 Å². The predicted octanol–water partition coefficient (Wildman–Crippen LogP) is 4.97. The lowest BCUT2D eigenvalue weighted by Crippen LogP contribution is -2.32. The molecule has 4 atom stereocenters. The normalized spacial score (nSPS) is 22.8. The molecule has 1 aliphatic rings. The van der Waals surface area contributed by atoms with E-state index in [-0.39, 0.29) is 23.6 Å². The van der Waals surface area contributed by atoms with Crippen molar-refractivity contribution in [3.63, 3.8) is 0 Å². The first-order valence-electron chi connectivity index (χ1n) is 12.7. The highest BCUT2D eigenvalue weighted by molar-refractivity contribution is 7.19. The molecule has 192 valence electrons. The van der Waals surface area contributed by atoms with E-state index in [2.05, 4.69) is 23.7 Å². The Labute approximate surface area is 212 Å². The Morgan fingerprint density at radius 2 is 2.06 bits per heavy atom. The van der Waals surface area contributed by atoms with E-state index >= 15 is 0 Å². The van der Waals surface area contributed by atoms with E-state index < -0.39 is 17.6 Å². The summed E-state index contributed by atoms with van der Waals surface area (Å²) in [5.74, 6) is -0.612. The molecule has 1 saturated carbocycles. The molecule has 2 aromatic rings. The molecular formula is C28H39NO5S. The Bertz CT molecular complexity index is 981. The molecule has 0 aliphatic heterocycles. The van der Waals surface area contributed by atoms with Gasteiger partial charge in [0.25, 0.3) is 0 Å². The van der Waals surface area contributed by atoms with Crippen molar-refractivity contribution >= 4 is 33.2 Å². The van der Waals surface area contributed by atoms with Crippen LogP contribution in [0.5, 0.6) is 0 Å². The number of allylic oxidation sites excluding steroid dienone is 2. The zero-order chi connectivity index (χ0) is 25.4. The summed E-state index contributed by atoms with van der Waals surface area (Å²) in [6.07, 6.45) is 6.83. The molecule has 0 bridgehead atoms. The number of hydrogen-bond acceptors (Lipinski definition) is 7. The average molecular weight is 502 g/mol. The minimum absolute atomic E-state index is 0.0906. The van der Waals surface area contributed by atoms with Gasteiger partial charge < -0.3 is 15.1 Å².